The summed E-state index contributed by atoms with van der Waals surface area (Å²) in [6, 6.07) is 6.19. The van der Waals surface area contributed by atoms with E-state index >= 15 is 0 Å². The van der Waals surface area contributed by atoms with Crippen LogP contribution in [0, 0.1) is 5.92 Å². The maximum absolute atomic E-state index is 13.1. The summed E-state index contributed by atoms with van der Waals surface area (Å²) in [4.78, 5) is 40.0. The summed E-state index contributed by atoms with van der Waals surface area (Å²) in [5.41, 5.74) is 1.48. The minimum Gasteiger partial charge on any atom is -0.494 e. The van der Waals surface area contributed by atoms with Gasteiger partial charge >= 0.3 is 18.0 Å². The van der Waals surface area contributed by atoms with Gasteiger partial charge in [-0.25, -0.2) is 9.59 Å². The Morgan fingerprint density at radius 2 is 1.85 bits per heavy atom. The van der Waals surface area contributed by atoms with Gasteiger partial charge in [-0.1, -0.05) is 18.2 Å². The SMILES string of the molecule is CCOC(=O)C1=C(CN2CCC[C@@H](C(=O)OCC)C2)NC(=O)N[C@@H]1c1ccccc1OCC. The second kappa shape index (κ2) is 11.7. The van der Waals surface area contributed by atoms with Gasteiger partial charge in [-0.3, -0.25) is 9.69 Å². The van der Waals surface area contributed by atoms with Gasteiger partial charge in [0.05, 0.1) is 37.4 Å². The maximum Gasteiger partial charge on any atom is 0.338 e. The van der Waals surface area contributed by atoms with Gasteiger partial charge in [-0.2, -0.15) is 0 Å². The number of hydrogen-bond acceptors (Lipinski definition) is 7. The Bertz CT molecular complexity index is 900. The van der Waals surface area contributed by atoms with E-state index in [1.807, 2.05) is 31.2 Å². The third kappa shape index (κ3) is 6.04. The van der Waals surface area contributed by atoms with Crippen LogP contribution in [0.1, 0.15) is 45.2 Å². The van der Waals surface area contributed by atoms with Crippen LogP contribution in [-0.2, 0) is 19.1 Å². The number of amides is 2. The van der Waals surface area contributed by atoms with Gasteiger partial charge < -0.3 is 24.8 Å². The molecule has 33 heavy (non-hydrogen) atoms. The standard InChI is InChI=1S/C24H33N3O6/c1-4-31-19-12-8-7-11-17(19)21-20(23(29)33-6-3)18(25-24(30)26-21)15-27-13-9-10-16(14-27)22(28)32-5-2/h7-8,11-12,16,21H,4-6,9-10,13-15H2,1-3H3,(H2,25,26,30)/t16-,21-/m1/s1. The molecule has 0 spiro atoms. The summed E-state index contributed by atoms with van der Waals surface area (Å²) in [7, 11) is 0. The number of benzene rings is 1. The minimum atomic E-state index is -0.721. The van der Waals surface area contributed by atoms with Gasteiger partial charge in [0.1, 0.15) is 5.75 Å². The number of carbonyl (C=O) groups is 3. The van der Waals surface area contributed by atoms with Crippen molar-refractivity contribution < 1.29 is 28.6 Å². The number of rotatable bonds is 9. The zero-order valence-electron chi connectivity index (χ0n) is 19.5. The number of esters is 2. The lowest BCUT2D eigenvalue weighted by Crippen LogP contribution is -2.50. The Labute approximate surface area is 194 Å². The summed E-state index contributed by atoms with van der Waals surface area (Å²) >= 11 is 0. The first-order chi connectivity index (χ1) is 16.0. The quantitative estimate of drug-likeness (QED) is 0.547. The molecule has 3 rings (SSSR count). The topological polar surface area (TPSA) is 106 Å². The molecule has 1 aromatic rings. The van der Waals surface area contributed by atoms with Gasteiger partial charge in [0.15, 0.2) is 0 Å². The highest BCUT2D eigenvalue weighted by atomic mass is 16.5. The first-order valence-corrected chi connectivity index (χ1v) is 11.6. The lowest BCUT2D eigenvalue weighted by atomic mass is 9.93. The molecular weight excluding hydrogens is 426 g/mol. The van der Waals surface area contributed by atoms with E-state index in [0.29, 0.717) is 48.9 Å². The highest BCUT2D eigenvalue weighted by Gasteiger charge is 2.36. The third-order valence-corrected chi connectivity index (χ3v) is 5.69. The second-order valence-electron chi connectivity index (χ2n) is 7.94. The summed E-state index contributed by atoms with van der Waals surface area (Å²) in [5.74, 6) is -0.346. The second-order valence-corrected chi connectivity index (χ2v) is 7.94. The van der Waals surface area contributed by atoms with E-state index in [1.54, 1.807) is 13.8 Å². The molecule has 2 aliphatic heterocycles. The average Bonchev–Trinajstić information content (AvgIpc) is 2.80. The Kier molecular flexibility index (Phi) is 8.71. The monoisotopic (exact) mass is 459 g/mol. The molecule has 180 valence electrons. The molecule has 1 fully saturated rings. The molecule has 9 heteroatoms. The zero-order chi connectivity index (χ0) is 23.8. The van der Waals surface area contributed by atoms with Crippen molar-refractivity contribution in [2.24, 2.45) is 5.92 Å². The summed E-state index contributed by atoms with van der Waals surface area (Å²) in [6.45, 7) is 7.97. The Morgan fingerprint density at radius 1 is 1.09 bits per heavy atom. The first kappa shape index (κ1) is 24.6. The van der Waals surface area contributed by atoms with Crippen molar-refractivity contribution in [3.05, 3.63) is 41.1 Å². The number of carbonyl (C=O) groups excluding carboxylic acids is 3. The Hall–Kier alpha value is -3.07. The van der Waals surface area contributed by atoms with Crippen molar-refractivity contribution in [2.45, 2.75) is 39.7 Å². The smallest absolute Gasteiger partial charge is 0.338 e. The van der Waals surface area contributed by atoms with Crippen LogP contribution in [0.2, 0.25) is 0 Å². The van der Waals surface area contributed by atoms with Crippen LogP contribution in [0.15, 0.2) is 35.5 Å². The van der Waals surface area contributed by atoms with E-state index in [1.165, 1.54) is 0 Å². The third-order valence-electron chi connectivity index (χ3n) is 5.69. The molecule has 9 nitrogen and oxygen atoms in total. The largest absolute Gasteiger partial charge is 0.494 e. The van der Waals surface area contributed by atoms with Gasteiger partial charge in [-0.05, 0) is 46.2 Å². The molecule has 0 bridgehead atoms. The lowest BCUT2D eigenvalue weighted by molar-refractivity contribution is -0.150. The highest BCUT2D eigenvalue weighted by Crippen LogP contribution is 2.34. The summed E-state index contributed by atoms with van der Waals surface area (Å²) in [6.07, 6.45) is 1.59. The fraction of sp³-hybridized carbons (Fsp3) is 0.542. The normalized spacial score (nSPS) is 21.1. The van der Waals surface area contributed by atoms with Crippen molar-refractivity contribution in [1.29, 1.82) is 0 Å². The number of likely N-dealkylation sites (tertiary alicyclic amines) is 1. The van der Waals surface area contributed by atoms with E-state index in [0.717, 1.165) is 19.4 Å². The number of ether oxygens (including phenoxy) is 3. The number of hydrogen-bond donors (Lipinski definition) is 2. The number of urea groups is 1. The molecule has 0 aromatic heterocycles. The number of nitrogens with zero attached hydrogens (tertiary/aromatic N) is 1. The maximum atomic E-state index is 13.1. The Balaban J connectivity index is 1.95. The van der Waals surface area contributed by atoms with E-state index < -0.39 is 18.0 Å². The fourth-order valence-electron chi connectivity index (χ4n) is 4.31. The van der Waals surface area contributed by atoms with Crippen LogP contribution in [0.25, 0.3) is 0 Å². The average molecular weight is 460 g/mol. The number of nitrogens with one attached hydrogen (secondary N) is 2. The van der Waals surface area contributed by atoms with Crippen molar-refractivity contribution >= 4 is 18.0 Å². The number of para-hydroxylation sites is 1. The lowest BCUT2D eigenvalue weighted by Gasteiger charge is -2.35. The molecule has 1 aromatic carbocycles. The molecule has 2 aliphatic rings. The van der Waals surface area contributed by atoms with Gasteiger partial charge in [-0.15, -0.1) is 0 Å². The molecule has 0 saturated carbocycles. The van der Waals surface area contributed by atoms with Crippen molar-refractivity contribution in [2.75, 3.05) is 39.5 Å². The molecule has 0 unspecified atom stereocenters. The summed E-state index contributed by atoms with van der Waals surface area (Å²) in [5, 5.41) is 5.65. The predicted octanol–water partition coefficient (Wildman–Crippen LogP) is 2.53. The van der Waals surface area contributed by atoms with Crippen LogP contribution in [0.3, 0.4) is 0 Å². The van der Waals surface area contributed by atoms with E-state index in [9.17, 15) is 14.4 Å². The molecular formula is C24H33N3O6. The van der Waals surface area contributed by atoms with Gasteiger partial charge in [0.2, 0.25) is 0 Å². The fourth-order valence-corrected chi connectivity index (χ4v) is 4.31. The van der Waals surface area contributed by atoms with Crippen LogP contribution in [0.4, 0.5) is 4.79 Å². The van der Waals surface area contributed by atoms with Crippen molar-refractivity contribution in [1.82, 2.24) is 15.5 Å². The molecule has 1 saturated heterocycles. The van der Waals surface area contributed by atoms with Crippen LogP contribution < -0.4 is 15.4 Å². The molecule has 2 atom stereocenters. The number of piperidine rings is 1. The van der Waals surface area contributed by atoms with Crippen LogP contribution in [-0.4, -0.2) is 62.3 Å². The highest BCUT2D eigenvalue weighted by molar-refractivity contribution is 5.95. The predicted molar refractivity (Wildman–Crippen MR) is 121 cm³/mol. The van der Waals surface area contributed by atoms with E-state index in [4.69, 9.17) is 14.2 Å². The van der Waals surface area contributed by atoms with Crippen LogP contribution >= 0.6 is 0 Å². The molecule has 0 radical (unpaired) electrons. The van der Waals surface area contributed by atoms with Crippen molar-refractivity contribution in [3.63, 3.8) is 0 Å². The van der Waals surface area contributed by atoms with Gasteiger partial charge in [0, 0.05) is 24.4 Å². The summed E-state index contributed by atoms with van der Waals surface area (Å²) < 4.78 is 16.3. The van der Waals surface area contributed by atoms with E-state index in [-0.39, 0.29) is 18.5 Å². The van der Waals surface area contributed by atoms with Gasteiger partial charge in [0.25, 0.3) is 0 Å². The van der Waals surface area contributed by atoms with Crippen molar-refractivity contribution in [3.8, 4) is 5.75 Å². The van der Waals surface area contributed by atoms with E-state index in [2.05, 4.69) is 15.5 Å². The zero-order valence-corrected chi connectivity index (χ0v) is 19.5. The van der Waals surface area contributed by atoms with Crippen LogP contribution in [0.5, 0.6) is 5.75 Å². The molecule has 0 aliphatic carbocycles. The Morgan fingerprint density at radius 3 is 2.58 bits per heavy atom. The molecule has 2 N–H and O–H groups in total. The first-order valence-electron chi connectivity index (χ1n) is 11.6. The molecule has 2 amide bonds. The minimum absolute atomic E-state index is 0.206. The molecule has 2 heterocycles.